The van der Waals surface area contributed by atoms with E-state index in [1.807, 2.05) is 18.2 Å². The van der Waals surface area contributed by atoms with Crippen molar-refractivity contribution in [2.24, 2.45) is 0 Å². The standard InChI is InChI=1S/C17H22BrN5O/c1-13-12-14(18)2-3-15(13)21-16-4-5-19-17(22-16)20-6-7-23-8-10-24-11-9-23/h2-5,12H,6-11H2,1H3,(H2,19,20,21,22). The van der Waals surface area contributed by atoms with Gasteiger partial charge in [0.1, 0.15) is 5.82 Å². The van der Waals surface area contributed by atoms with Crippen LogP contribution in [0.3, 0.4) is 0 Å². The van der Waals surface area contributed by atoms with Crippen LogP contribution in [0.1, 0.15) is 5.56 Å². The van der Waals surface area contributed by atoms with Crippen molar-refractivity contribution >= 4 is 33.4 Å². The normalized spacial score (nSPS) is 15.2. The zero-order chi connectivity index (χ0) is 16.8. The molecule has 1 aromatic heterocycles. The number of rotatable bonds is 6. The van der Waals surface area contributed by atoms with Crippen LogP contribution in [0, 0.1) is 6.92 Å². The number of ether oxygens (including phenoxy) is 1. The van der Waals surface area contributed by atoms with E-state index >= 15 is 0 Å². The maximum atomic E-state index is 5.36. The molecule has 3 rings (SSSR count). The van der Waals surface area contributed by atoms with E-state index in [1.54, 1.807) is 6.20 Å². The Morgan fingerprint density at radius 1 is 1.25 bits per heavy atom. The predicted octanol–water partition coefficient (Wildman–Crippen LogP) is 3.04. The summed E-state index contributed by atoms with van der Waals surface area (Å²) in [5.74, 6) is 1.42. The van der Waals surface area contributed by atoms with Crippen molar-refractivity contribution in [3.63, 3.8) is 0 Å². The van der Waals surface area contributed by atoms with E-state index in [2.05, 4.69) is 54.4 Å². The molecule has 1 aromatic carbocycles. The van der Waals surface area contributed by atoms with Crippen molar-refractivity contribution in [2.45, 2.75) is 6.92 Å². The van der Waals surface area contributed by atoms with Crippen LogP contribution >= 0.6 is 15.9 Å². The fourth-order valence-corrected chi connectivity index (χ4v) is 3.04. The average molecular weight is 392 g/mol. The molecule has 2 aromatic rings. The van der Waals surface area contributed by atoms with Crippen molar-refractivity contribution in [2.75, 3.05) is 50.0 Å². The lowest BCUT2D eigenvalue weighted by atomic mass is 10.2. The van der Waals surface area contributed by atoms with Crippen molar-refractivity contribution in [1.29, 1.82) is 0 Å². The molecule has 0 aliphatic carbocycles. The molecule has 24 heavy (non-hydrogen) atoms. The Hall–Kier alpha value is -1.70. The van der Waals surface area contributed by atoms with Crippen molar-refractivity contribution in [3.05, 3.63) is 40.5 Å². The first kappa shape index (κ1) is 17.1. The van der Waals surface area contributed by atoms with Gasteiger partial charge in [-0.15, -0.1) is 0 Å². The van der Waals surface area contributed by atoms with E-state index < -0.39 is 0 Å². The molecule has 6 nitrogen and oxygen atoms in total. The van der Waals surface area contributed by atoms with Crippen LogP contribution in [0.4, 0.5) is 17.5 Å². The molecule has 0 atom stereocenters. The second kappa shape index (κ2) is 8.41. The average Bonchev–Trinajstić information content (AvgIpc) is 2.59. The van der Waals surface area contributed by atoms with Crippen LogP contribution in [-0.4, -0.2) is 54.3 Å². The summed E-state index contributed by atoms with van der Waals surface area (Å²) in [6.45, 7) is 7.48. The minimum atomic E-state index is 0.642. The Morgan fingerprint density at radius 3 is 2.88 bits per heavy atom. The summed E-state index contributed by atoms with van der Waals surface area (Å²) in [4.78, 5) is 11.2. The summed E-state index contributed by atoms with van der Waals surface area (Å²) < 4.78 is 6.42. The number of halogens is 1. The van der Waals surface area contributed by atoms with Gasteiger partial charge in [-0.3, -0.25) is 4.90 Å². The van der Waals surface area contributed by atoms with Gasteiger partial charge in [-0.25, -0.2) is 4.98 Å². The first-order valence-electron chi connectivity index (χ1n) is 8.11. The van der Waals surface area contributed by atoms with Gasteiger partial charge in [0.25, 0.3) is 0 Å². The molecule has 7 heteroatoms. The molecule has 1 aliphatic rings. The van der Waals surface area contributed by atoms with E-state index in [4.69, 9.17) is 4.74 Å². The Labute approximate surface area is 150 Å². The molecule has 0 radical (unpaired) electrons. The smallest absolute Gasteiger partial charge is 0.224 e. The van der Waals surface area contributed by atoms with Crippen molar-refractivity contribution in [3.8, 4) is 0 Å². The third-order valence-corrected chi connectivity index (χ3v) is 4.41. The number of benzene rings is 1. The lowest BCUT2D eigenvalue weighted by Crippen LogP contribution is -2.39. The van der Waals surface area contributed by atoms with E-state index in [0.29, 0.717) is 5.95 Å². The molecular weight excluding hydrogens is 370 g/mol. The van der Waals surface area contributed by atoms with Gasteiger partial charge in [0.05, 0.1) is 13.2 Å². The van der Waals surface area contributed by atoms with Crippen LogP contribution in [-0.2, 0) is 4.74 Å². The highest BCUT2D eigenvalue weighted by molar-refractivity contribution is 9.10. The SMILES string of the molecule is Cc1cc(Br)ccc1Nc1ccnc(NCCN2CCOCC2)n1. The third kappa shape index (κ3) is 4.90. The van der Waals surface area contributed by atoms with Gasteiger partial charge in [0.2, 0.25) is 5.95 Å². The van der Waals surface area contributed by atoms with Gasteiger partial charge in [-0.1, -0.05) is 15.9 Å². The first-order chi connectivity index (χ1) is 11.7. The number of nitrogens with zero attached hydrogens (tertiary/aromatic N) is 3. The van der Waals surface area contributed by atoms with Crippen LogP contribution < -0.4 is 10.6 Å². The Morgan fingerprint density at radius 2 is 2.08 bits per heavy atom. The Balaban J connectivity index is 1.55. The van der Waals surface area contributed by atoms with Gasteiger partial charge in [-0.2, -0.15) is 4.98 Å². The summed E-state index contributed by atoms with van der Waals surface area (Å²) in [5, 5.41) is 6.63. The van der Waals surface area contributed by atoms with Crippen LogP contribution in [0.25, 0.3) is 0 Å². The molecule has 2 N–H and O–H groups in total. The maximum Gasteiger partial charge on any atom is 0.224 e. The van der Waals surface area contributed by atoms with E-state index in [0.717, 1.165) is 60.9 Å². The maximum absolute atomic E-state index is 5.36. The van der Waals surface area contributed by atoms with E-state index in [-0.39, 0.29) is 0 Å². The number of hydrogen-bond donors (Lipinski definition) is 2. The first-order valence-corrected chi connectivity index (χ1v) is 8.90. The summed E-state index contributed by atoms with van der Waals surface area (Å²) in [6, 6.07) is 7.99. The lowest BCUT2D eigenvalue weighted by molar-refractivity contribution is 0.0398. The van der Waals surface area contributed by atoms with Crippen LogP contribution in [0.2, 0.25) is 0 Å². The molecule has 128 valence electrons. The number of aryl methyl sites for hydroxylation is 1. The summed E-state index contributed by atoms with van der Waals surface area (Å²) >= 11 is 3.48. The summed E-state index contributed by atoms with van der Waals surface area (Å²) in [6.07, 6.45) is 1.76. The zero-order valence-electron chi connectivity index (χ0n) is 13.8. The highest BCUT2D eigenvalue weighted by atomic mass is 79.9. The molecule has 0 unspecified atom stereocenters. The molecule has 1 fully saturated rings. The Bertz CT molecular complexity index is 676. The van der Waals surface area contributed by atoms with Crippen LogP contribution in [0.5, 0.6) is 0 Å². The van der Waals surface area contributed by atoms with Gasteiger partial charge in [-0.05, 0) is 36.8 Å². The quantitative estimate of drug-likeness (QED) is 0.788. The third-order valence-electron chi connectivity index (χ3n) is 3.92. The Kier molecular flexibility index (Phi) is 6.01. The fourth-order valence-electron chi connectivity index (χ4n) is 2.57. The summed E-state index contributed by atoms with van der Waals surface area (Å²) in [5.41, 5.74) is 2.20. The minimum Gasteiger partial charge on any atom is -0.379 e. The van der Waals surface area contributed by atoms with Crippen molar-refractivity contribution < 1.29 is 4.74 Å². The molecule has 0 saturated carbocycles. The largest absolute Gasteiger partial charge is 0.379 e. The van der Waals surface area contributed by atoms with Crippen molar-refractivity contribution in [1.82, 2.24) is 14.9 Å². The molecule has 0 spiro atoms. The fraction of sp³-hybridized carbons (Fsp3) is 0.412. The molecular formula is C17H22BrN5O. The van der Waals surface area contributed by atoms with E-state index in [1.165, 1.54) is 0 Å². The van der Waals surface area contributed by atoms with Gasteiger partial charge in [0.15, 0.2) is 0 Å². The van der Waals surface area contributed by atoms with E-state index in [9.17, 15) is 0 Å². The number of aromatic nitrogens is 2. The topological polar surface area (TPSA) is 62.3 Å². The van der Waals surface area contributed by atoms with Crippen LogP contribution in [0.15, 0.2) is 34.9 Å². The molecule has 1 aliphatic heterocycles. The van der Waals surface area contributed by atoms with Gasteiger partial charge in [0, 0.05) is 42.5 Å². The lowest BCUT2D eigenvalue weighted by Gasteiger charge is -2.26. The highest BCUT2D eigenvalue weighted by Crippen LogP contribution is 2.23. The number of hydrogen-bond acceptors (Lipinski definition) is 6. The monoisotopic (exact) mass is 391 g/mol. The zero-order valence-corrected chi connectivity index (χ0v) is 15.3. The second-order valence-corrected chi connectivity index (χ2v) is 6.65. The molecule has 2 heterocycles. The number of morpholine rings is 1. The van der Waals surface area contributed by atoms with Gasteiger partial charge < -0.3 is 15.4 Å². The number of anilines is 3. The minimum absolute atomic E-state index is 0.642. The second-order valence-electron chi connectivity index (χ2n) is 5.73. The summed E-state index contributed by atoms with van der Waals surface area (Å²) in [7, 11) is 0. The number of nitrogens with one attached hydrogen (secondary N) is 2. The predicted molar refractivity (Wildman–Crippen MR) is 99.9 cm³/mol. The highest BCUT2D eigenvalue weighted by Gasteiger charge is 2.09. The molecule has 0 amide bonds. The molecule has 0 bridgehead atoms. The molecule has 1 saturated heterocycles. The van der Waals surface area contributed by atoms with Gasteiger partial charge >= 0.3 is 0 Å².